The lowest BCUT2D eigenvalue weighted by Gasteiger charge is -2.34. The van der Waals surface area contributed by atoms with Crippen molar-refractivity contribution in [2.75, 3.05) is 19.7 Å². The van der Waals surface area contributed by atoms with Crippen LogP contribution >= 0.6 is 0 Å². The zero-order valence-electron chi connectivity index (χ0n) is 11.2. The van der Waals surface area contributed by atoms with E-state index in [4.69, 9.17) is 10.5 Å². The molecule has 0 spiro atoms. The van der Waals surface area contributed by atoms with Crippen LogP contribution in [0, 0.1) is 12.7 Å². The number of ether oxygens (including phenoxy) is 1. The van der Waals surface area contributed by atoms with Gasteiger partial charge in [0.1, 0.15) is 5.82 Å². The number of aryl methyl sites for hydroxylation is 1. The molecule has 0 radical (unpaired) electrons. The average molecular weight is 266 g/mol. The number of morpholine rings is 1. The summed E-state index contributed by atoms with van der Waals surface area (Å²) in [5.41, 5.74) is 6.68. The first-order chi connectivity index (χ1) is 8.99. The standard InChI is InChI=1S/C14H19FN2O2/c1-9-3-4-11(12(15)7-9)14(18)17-5-6-19-13(8-17)10(2)16/h3-4,7,10,13H,5-6,8,16H2,1-2H3/t10-,13+/m1/s1. The molecule has 0 unspecified atom stereocenters. The summed E-state index contributed by atoms with van der Waals surface area (Å²) in [6.07, 6.45) is -0.189. The quantitative estimate of drug-likeness (QED) is 0.878. The van der Waals surface area contributed by atoms with Crippen LogP contribution in [0.25, 0.3) is 0 Å². The number of carbonyl (C=O) groups excluding carboxylic acids is 1. The van der Waals surface area contributed by atoms with Crippen LogP contribution in [0.15, 0.2) is 18.2 Å². The minimum absolute atomic E-state index is 0.107. The van der Waals surface area contributed by atoms with Crippen LogP contribution < -0.4 is 5.73 Å². The van der Waals surface area contributed by atoms with Crippen LogP contribution in [0.5, 0.6) is 0 Å². The minimum atomic E-state index is -0.478. The van der Waals surface area contributed by atoms with Crippen molar-refractivity contribution in [1.82, 2.24) is 4.90 Å². The largest absolute Gasteiger partial charge is 0.373 e. The normalized spacial score (nSPS) is 21.3. The van der Waals surface area contributed by atoms with E-state index in [1.807, 2.05) is 6.92 Å². The molecule has 1 aromatic rings. The molecule has 0 bridgehead atoms. The fourth-order valence-electron chi connectivity index (χ4n) is 2.14. The maximum Gasteiger partial charge on any atom is 0.256 e. The van der Waals surface area contributed by atoms with Gasteiger partial charge in [-0.3, -0.25) is 4.79 Å². The number of nitrogens with zero attached hydrogens (tertiary/aromatic N) is 1. The summed E-state index contributed by atoms with van der Waals surface area (Å²) in [5, 5.41) is 0. The maximum absolute atomic E-state index is 13.8. The van der Waals surface area contributed by atoms with Crippen LogP contribution in [0.4, 0.5) is 4.39 Å². The van der Waals surface area contributed by atoms with Crippen molar-refractivity contribution in [2.45, 2.75) is 26.0 Å². The molecule has 5 heteroatoms. The van der Waals surface area contributed by atoms with E-state index in [0.717, 1.165) is 5.56 Å². The highest BCUT2D eigenvalue weighted by molar-refractivity contribution is 5.94. The highest BCUT2D eigenvalue weighted by Gasteiger charge is 2.28. The number of rotatable bonds is 2. The Hall–Kier alpha value is -1.46. The molecule has 2 rings (SSSR count). The molecule has 0 saturated carbocycles. The monoisotopic (exact) mass is 266 g/mol. The average Bonchev–Trinajstić information content (AvgIpc) is 2.38. The number of benzene rings is 1. The topological polar surface area (TPSA) is 55.6 Å². The summed E-state index contributed by atoms with van der Waals surface area (Å²) < 4.78 is 19.3. The Morgan fingerprint density at radius 3 is 2.95 bits per heavy atom. The molecule has 19 heavy (non-hydrogen) atoms. The van der Waals surface area contributed by atoms with E-state index < -0.39 is 5.82 Å². The minimum Gasteiger partial charge on any atom is -0.373 e. The molecule has 1 fully saturated rings. The molecule has 4 nitrogen and oxygen atoms in total. The third-order valence-electron chi connectivity index (χ3n) is 3.32. The van der Waals surface area contributed by atoms with Crippen molar-refractivity contribution in [3.05, 3.63) is 35.1 Å². The predicted molar refractivity (Wildman–Crippen MR) is 70.4 cm³/mol. The summed E-state index contributed by atoms with van der Waals surface area (Å²) in [5.74, 6) is -0.778. The Balaban J connectivity index is 2.15. The molecule has 2 atom stereocenters. The van der Waals surface area contributed by atoms with Gasteiger partial charge in [0.2, 0.25) is 0 Å². The number of halogens is 1. The highest BCUT2D eigenvalue weighted by Crippen LogP contribution is 2.16. The zero-order chi connectivity index (χ0) is 14.0. The van der Waals surface area contributed by atoms with Crippen molar-refractivity contribution in [3.63, 3.8) is 0 Å². The van der Waals surface area contributed by atoms with Crippen LogP contribution in [0.1, 0.15) is 22.8 Å². The van der Waals surface area contributed by atoms with Gasteiger partial charge >= 0.3 is 0 Å². The Morgan fingerprint density at radius 2 is 2.32 bits per heavy atom. The van der Waals surface area contributed by atoms with E-state index in [1.54, 1.807) is 17.9 Å². The van der Waals surface area contributed by atoms with Gasteiger partial charge < -0.3 is 15.4 Å². The molecule has 1 aromatic carbocycles. The van der Waals surface area contributed by atoms with Crippen LogP contribution in [-0.2, 0) is 4.74 Å². The molecule has 0 aliphatic carbocycles. The van der Waals surface area contributed by atoms with Gasteiger partial charge in [0.05, 0.1) is 18.3 Å². The molecule has 1 saturated heterocycles. The van der Waals surface area contributed by atoms with Crippen molar-refractivity contribution in [1.29, 1.82) is 0 Å². The lowest BCUT2D eigenvalue weighted by Crippen LogP contribution is -2.51. The third-order valence-corrected chi connectivity index (χ3v) is 3.32. The summed E-state index contributed by atoms with van der Waals surface area (Å²) in [7, 11) is 0. The van der Waals surface area contributed by atoms with E-state index in [1.165, 1.54) is 12.1 Å². The first-order valence-electron chi connectivity index (χ1n) is 6.41. The lowest BCUT2D eigenvalue weighted by molar-refractivity contribution is -0.0301. The van der Waals surface area contributed by atoms with Crippen molar-refractivity contribution in [2.24, 2.45) is 5.73 Å². The van der Waals surface area contributed by atoms with Crippen molar-refractivity contribution in [3.8, 4) is 0 Å². The van der Waals surface area contributed by atoms with Crippen molar-refractivity contribution >= 4 is 5.91 Å². The van der Waals surface area contributed by atoms with Crippen LogP contribution in [-0.4, -0.2) is 42.6 Å². The van der Waals surface area contributed by atoms with Gasteiger partial charge in [-0.05, 0) is 31.5 Å². The second-order valence-electron chi connectivity index (χ2n) is 5.00. The molecule has 1 amide bonds. The fourth-order valence-corrected chi connectivity index (χ4v) is 2.14. The van der Waals surface area contributed by atoms with E-state index in [-0.39, 0.29) is 23.6 Å². The maximum atomic E-state index is 13.8. The van der Waals surface area contributed by atoms with Crippen LogP contribution in [0.2, 0.25) is 0 Å². The van der Waals surface area contributed by atoms with E-state index >= 15 is 0 Å². The Bertz CT molecular complexity index is 477. The number of amides is 1. The molecule has 2 N–H and O–H groups in total. The smallest absolute Gasteiger partial charge is 0.256 e. The first kappa shape index (κ1) is 14.0. The van der Waals surface area contributed by atoms with E-state index in [0.29, 0.717) is 19.7 Å². The van der Waals surface area contributed by atoms with Gasteiger partial charge in [0.25, 0.3) is 5.91 Å². The van der Waals surface area contributed by atoms with Gasteiger partial charge in [-0.1, -0.05) is 6.07 Å². The van der Waals surface area contributed by atoms with E-state index in [2.05, 4.69) is 0 Å². The number of nitrogens with two attached hydrogens (primary N) is 1. The molecule has 1 heterocycles. The second-order valence-corrected chi connectivity index (χ2v) is 5.00. The summed E-state index contributed by atoms with van der Waals surface area (Å²) in [4.78, 5) is 13.9. The number of hydrogen-bond donors (Lipinski definition) is 1. The van der Waals surface area contributed by atoms with Gasteiger partial charge in [-0.15, -0.1) is 0 Å². The second kappa shape index (κ2) is 5.67. The van der Waals surface area contributed by atoms with Gasteiger partial charge in [0.15, 0.2) is 0 Å². The molecule has 1 aliphatic heterocycles. The molecule has 1 aliphatic rings. The Labute approximate surface area is 112 Å². The van der Waals surface area contributed by atoms with Gasteiger partial charge in [-0.25, -0.2) is 4.39 Å². The SMILES string of the molecule is Cc1ccc(C(=O)N2CCO[C@H]([C@@H](C)N)C2)c(F)c1. The summed E-state index contributed by atoms with van der Waals surface area (Å²) in [6, 6.07) is 4.48. The van der Waals surface area contributed by atoms with E-state index in [9.17, 15) is 9.18 Å². The lowest BCUT2D eigenvalue weighted by atomic mass is 10.1. The molecular weight excluding hydrogens is 247 g/mol. The Morgan fingerprint density at radius 1 is 1.58 bits per heavy atom. The molecule has 0 aromatic heterocycles. The zero-order valence-corrected chi connectivity index (χ0v) is 11.2. The number of carbonyl (C=O) groups is 1. The van der Waals surface area contributed by atoms with Crippen LogP contribution in [0.3, 0.4) is 0 Å². The summed E-state index contributed by atoms with van der Waals surface area (Å²) in [6.45, 7) is 4.94. The highest BCUT2D eigenvalue weighted by atomic mass is 19.1. The van der Waals surface area contributed by atoms with Crippen molar-refractivity contribution < 1.29 is 13.9 Å². The molecule has 104 valence electrons. The Kier molecular flexibility index (Phi) is 4.17. The van der Waals surface area contributed by atoms with Gasteiger partial charge in [-0.2, -0.15) is 0 Å². The fraction of sp³-hybridized carbons (Fsp3) is 0.500. The number of hydrogen-bond acceptors (Lipinski definition) is 3. The van der Waals surface area contributed by atoms with Gasteiger partial charge in [0, 0.05) is 19.1 Å². The third kappa shape index (κ3) is 3.11. The summed E-state index contributed by atoms with van der Waals surface area (Å²) >= 11 is 0. The molecular formula is C14H19FN2O2. The first-order valence-corrected chi connectivity index (χ1v) is 6.41. The predicted octanol–water partition coefficient (Wildman–Crippen LogP) is 1.32.